The summed E-state index contributed by atoms with van der Waals surface area (Å²) >= 11 is 0. The molecule has 2 atom stereocenters. The van der Waals surface area contributed by atoms with Gasteiger partial charge >= 0.3 is 11.9 Å². The van der Waals surface area contributed by atoms with Gasteiger partial charge in [0.1, 0.15) is 6.10 Å². The molecule has 1 aromatic carbocycles. The van der Waals surface area contributed by atoms with Crippen molar-refractivity contribution >= 4 is 11.9 Å². The smallest absolute Gasteiger partial charge is 0.338 e. The first-order valence-corrected chi connectivity index (χ1v) is 6.19. The van der Waals surface area contributed by atoms with Crippen LogP contribution in [0.3, 0.4) is 0 Å². The van der Waals surface area contributed by atoms with E-state index in [1.54, 1.807) is 25.1 Å². The number of hydrogen-bond donors (Lipinski definition) is 2. The zero-order chi connectivity index (χ0) is 15.1. The van der Waals surface area contributed by atoms with Gasteiger partial charge in [0.15, 0.2) is 0 Å². The van der Waals surface area contributed by atoms with E-state index in [0.717, 1.165) is 0 Å². The topological polar surface area (TPSA) is 93.1 Å². The maximum atomic E-state index is 11.6. The van der Waals surface area contributed by atoms with Crippen LogP contribution >= 0.6 is 0 Å². The summed E-state index contributed by atoms with van der Waals surface area (Å²) in [4.78, 5) is 22.6. The molecule has 0 bridgehead atoms. The molecule has 2 unspecified atom stereocenters. The molecule has 0 aliphatic carbocycles. The molecule has 0 aliphatic heterocycles. The molecule has 0 saturated carbocycles. The monoisotopic (exact) mass is 282 g/mol. The standard InChI is InChI=1S/C14H18O6/c1-3-20-14(18)10-6-4-5-9(7-10)13(17)11(15)8-12(16)19-2/h4-7,11,13,15,17H,3,8H2,1-2H3. The fraction of sp³-hybridized carbons (Fsp3) is 0.429. The average Bonchev–Trinajstić information content (AvgIpc) is 2.46. The highest BCUT2D eigenvalue weighted by atomic mass is 16.5. The second kappa shape index (κ2) is 7.62. The van der Waals surface area contributed by atoms with Crippen molar-refractivity contribution in [3.8, 4) is 0 Å². The molecule has 0 amide bonds. The number of carbonyl (C=O) groups excluding carboxylic acids is 2. The molecule has 0 fully saturated rings. The van der Waals surface area contributed by atoms with Crippen LogP contribution in [-0.4, -0.2) is 42.0 Å². The maximum Gasteiger partial charge on any atom is 0.338 e. The van der Waals surface area contributed by atoms with Crippen LogP contribution in [0.2, 0.25) is 0 Å². The highest BCUT2D eigenvalue weighted by molar-refractivity contribution is 5.89. The van der Waals surface area contributed by atoms with Crippen LogP contribution in [0.1, 0.15) is 35.4 Å². The molecule has 1 aromatic rings. The molecular weight excluding hydrogens is 264 g/mol. The minimum Gasteiger partial charge on any atom is -0.469 e. The Morgan fingerprint density at radius 1 is 1.30 bits per heavy atom. The van der Waals surface area contributed by atoms with Crippen molar-refractivity contribution in [1.29, 1.82) is 0 Å². The van der Waals surface area contributed by atoms with Crippen molar-refractivity contribution in [3.05, 3.63) is 35.4 Å². The summed E-state index contributed by atoms with van der Waals surface area (Å²) in [5.41, 5.74) is 0.598. The van der Waals surface area contributed by atoms with E-state index in [1.165, 1.54) is 13.2 Å². The van der Waals surface area contributed by atoms with Crippen molar-refractivity contribution < 1.29 is 29.3 Å². The molecular formula is C14H18O6. The van der Waals surface area contributed by atoms with E-state index in [4.69, 9.17) is 4.74 Å². The van der Waals surface area contributed by atoms with Crippen LogP contribution in [0.4, 0.5) is 0 Å². The summed E-state index contributed by atoms with van der Waals surface area (Å²) in [6.45, 7) is 1.94. The van der Waals surface area contributed by atoms with Crippen LogP contribution < -0.4 is 0 Å². The lowest BCUT2D eigenvalue weighted by Gasteiger charge is -2.17. The second-order valence-corrected chi connectivity index (χ2v) is 4.14. The van der Waals surface area contributed by atoms with E-state index >= 15 is 0 Å². The van der Waals surface area contributed by atoms with E-state index < -0.39 is 24.1 Å². The average molecular weight is 282 g/mol. The van der Waals surface area contributed by atoms with Gasteiger partial charge in [-0.15, -0.1) is 0 Å². The largest absolute Gasteiger partial charge is 0.469 e. The summed E-state index contributed by atoms with van der Waals surface area (Å²) < 4.78 is 9.26. The van der Waals surface area contributed by atoms with Gasteiger partial charge in [0, 0.05) is 0 Å². The maximum absolute atomic E-state index is 11.6. The third-order valence-corrected chi connectivity index (χ3v) is 2.71. The number of aliphatic hydroxyl groups is 2. The molecule has 0 saturated heterocycles. The Balaban J connectivity index is 2.82. The number of aliphatic hydroxyl groups excluding tert-OH is 2. The zero-order valence-corrected chi connectivity index (χ0v) is 11.4. The summed E-state index contributed by atoms with van der Waals surface area (Å²) in [7, 11) is 1.20. The van der Waals surface area contributed by atoms with E-state index in [2.05, 4.69) is 4.74 Å². The lowest BCUT2D eigenvalue weighted by Crippen LogP contribution is -2.22. The molecule has 0 radical (unpaired) electrons. The van der Waals surface area contributed by atoms with Gasteiger partial charge in [-0.25, -0.2) is 4.79 Å². The van der Waals surface area contributed by atoms with Gasteiger partial charge in [-0.3, -0.25) is 4.79 Å². The normalized spacial score (nSPS) is 13.4. The van der Waals surface area contributed by atoms with Crippen molar-refractivity contribution in [2.75, 3.05) is 13.7 Å². The van der Waals surface area contributed by atoms with Crippen molar-refractivity contribution in [2.45, 2.75) is 25.6 Å². The van der Waals surface area contributed by atoms with Gasteiger partial charge in [0.05, 0.1) is 31.8 Å². The lowest BCUT2D eigenvalue weighted by atomic mass is 10.00. The molecule has 2 N–H and O–H groups in total. The van der Waals surface area contributed by atoms with Gasteiger partial charge < -0.3 is 19.7 Å². The summed E-state index contributed by atoms with van der Waals surface area (Å²) in [6.07, 6.45) is -2.93. The van der Waals surface area contributed by atoms with Gasteiger partial charge in [0.25, 0.3) is 0 Å². The Morgan fingerprint density at radius 3 is 2.60 bits per heavy atom. The highest BCUT2D eigenvalue weighted by Gasteiger charge is 2.22. The Morgan fingerprint density at radius 2 is 2.00 bits per heavy atom. The molecule has 1 rings (SSSR count). The number of ether oxygens (including phenoxy) is 2. The van der Waals surface area contributed by atoms with E-state index in [1.807, 2.05) is 0 Å². The predicted octanol–water partition coefficient (Wildman–Crippen LogP) is 0.821. The number of carbonyl (C=O) groups is 2. The van der Waals surface area contributed by atoms with E-state index in [0.29, 0.717) is 5.56 Å². The summed E-state index contributed by atoms with van der Waals surface area (Å²) in [5, 5.41) is 19.7. The quantitative estimate of drug-likeness (QED) is 0.750. The van der Waals surface area contributed by atoms with Crippen LogP contribution in [0.5, 0.6) is 0 Å². The molecule has 0 spiro atoms. The SMILES string of the molecule is CCOC(=O)c1cccc(C(O)C(O)CC(=O)OC)c1. The zero-order valence-electron chi connectivity index (χ0n) is 11.4. The first-order valence-electron chi connectivity index (χ1n) is 6.19. The second-order valence-electron chi connectivity index (χ2n) is 4.14. The predicted molar refractivity (Wildman–Crippen MR) is 70.0 cm³/mol. The Kier molecular flexibility index (Phi) is 6.14. The number of rotatable bonds is 6. The van der Waals surface area contributed by atoms with Gasteiger partial charge in [-0.2, -0.15) is 0 Å². The molecule has 0 aliphatic rings. The minimum atomic E-state index is -1.31. The first kappa shape index (κ1) is 16.1. The number of benzene rings is 1. The molecule has 110 valence electrons. The molecule has 20 heavy (non-hydrogen) atoms. The summed E-state index contributed by atoms with van der Waals surface area (Å²) in [6, 6.07) is 6.08. The minimum absolute atomic E-state index is 0.247. The van der Waals surface area contributed by atoms with Crippen molar-refractivity contribution in [1.82, 2.24) is 0 Å². The van der Waals surface area contributed by atoms with Gasteiger partial charge in [-0.1, -0.05) is 12.1 Å². The number of methoxy groups -OCH3 is 1. The lowest BCUT2D eigenvalue weighted by molar-refractivity contribution is -0.144. The van der Waals surface area contributed by atoms with E-state index in [9.17, 15) is 19.8 Å². The highest BCUT2D eigenvalue weighted by Crippen LogP contribution is 2.20. The number of hydrogen-bond acceptors (Lipinski definition) is 6. The Labute approximate surface area is 116 Å². The third-order valence-electron chi connectivity index (χ3n) is 2.71. The Hall–Kier alpha value is -1.92. The Bertz CT molecular complexity index is 470. The van der Waals surface area contributed by atoms with Gasteiger partial charge in [0.2, 0.25) is 0 Å². The van der Waals surface area contributed by atoms with E-state index in [-0.39, 0.29) is 18.6 Å². The van der Waals surface area contributed by atoms with Crippen LogP contribution in [0, 0.1) is 0 Å². The fourth-order valence-electron chi connectivity index (χ4n) is 1.65. The molecule has 0 heterocycles. The fourth-order valence-corrected chi connectivity index (χ4v) is 1.65. The van der Waals surface area contributed by atoms with Crippen LogP contribution in [-0.2, 0) is 14.3 Å². The molecule has 6 heteroatoms. The number of esters is 2. The first-order chi connectivity index (χ1) is 9.49. The third kappa shape index (κ3) is 4.32. The summed E-state index contributed by atoms with van der Waals surface area (Å²) in [5.74, 6) is -1.14. The van der Waals surface area contributed by atoms with Crippen molar-refractivity contribution in [2.24, 2.45) is 0 Å². The van der Waals surface area contributed by atoms with Crippen molar-refractivity contribution in [3.63, 3.8) is 0 Å². The van der Waals surface area contributed by atoms with Crippen LogP contribution in [0.15, 0.2) is 24.3 Å². The van der Waals surface area contributed by atoms with Gasteiger partial charge in [-0.05, 0) is 24.6 Å². The van der Waals surface area contributed by atoms with Crippen LogP contribution in [0.25, 0.3) is 0 Å². The molecule has 6 nitrogen and oxygen atoms in total. The molecule has 0 aromatic heterocycles.